The first-order valence-corrected chi connectivity index (χ1v) is 5.44. The molecule has 5 heteroatoms. The Hall–Kier alpha value is -1.13. The number of nitrogens with one attached hydrogen (secondary N) is 1. The summed E-state index contributed by atoms with van der Waals surface area (Å²) in [5.74, 6) is 0.916. The molecule has 1 N–H and O–H groups in total. The molecule has 2 heterocycles. The van der Waals surface area contributed by atoms with Gasteiger partial charge in [-0.3, -0.25) is 4.40 Å². The molecule has 0 unspecified atom stereocenters. The van der Waals surface area contributed by atoms with Crippen LogP contribution in [-0.4, -0.2) is 20.6 Å². The maximum atomic E-state index is 6.00. The molecule has 0 aromatic carbocycles. The van der Waals surface area contributed by atoms with Crippen LogP contribution in [0.2, 0.25) is 5.02 Å². The van der Waals surface area contributed by atoms with E-state index >= 15 is 0 Å². The van der Waals surface area contributed by atoms with Crippen molar-refractivity contribution in [2.75, 3.05) is 0 Å². The summed E-state index contributed by atoms with van der Waals surface area (Å²) >= 11 is 6.00. The van der Waals surface area contributed by atoms with Gasteiger partial charge in [-0.25, -0.2) is 0 Å². The highest BCUT2D eigenvalue weighted by Gasteiger charge is 2.21. The Labute approximate surface area is 92.3 Å². The van der Waals surface area contributed by atoms with E-state index < -0.39 is 0 Å². The third kappa shape index (κ3) is 1.70. The first-order valence-electron chi connectivity index (χ1n) is 5.06. The van der Waals surface area contributed by atoms with E-state index in [1.54, 1.807) is 0 Å². The molecule has 3 rings (SSSR count). The van der Waals surface area contributed by atoms with Gasteiger partial charge in [-0.2, -0.15) is 0 Å². The van der Waals surface area contributed by atoms with Crippen molar-refractivity contribution in [3.8, 4) is 0 Å². The lowest BCUT2D eigenvalue weighted by Crippen LogP contribution is -2.17. The summed E-state index contributed by atoms with van der Waals surface area (Å²) in [6.07, 6.45) is 4.49. The molecule has 15 heavy (non-hydrogen) atoms. The summed E-state index contributed by atoms with van der Waals surface area (Å²) < 4.78 is 1.93. The molecule has 0 aliphatic heterocycles. The number of pyridine rings is 1. The smallest absolute Gasteiger partial charge is 0.179 e. The van der Waals surface area contributed by atoms with E-state index in [1.807, 2.05) is 22.7 Å². The van der Waals surface area contributed by atoms with Crippen LogP contribution in [0.5, 0.6) is 0 Å². The highest BCUT2D eigenvalue weighted by Crippen LogP contribution is 2.20. The van der Waals surface area contributed by atoms with Crippen molar-refractivity contribution in [1.29, 1.82) is 0 Å². The maximum Gasteiger partial charge on any atom is 0.179 e. The average molecular weight is 223 g/mol. The quantitative estimate of drug-likeness (QED) is 0.859. The van der Waals surface area contributed by atoms with Gasteiger partial charge in [0.1, 0.15) is 0 Å². The van der Waals surface area contributed by atoms with Gasteiger partial charge in [-0.15, -0.1) is 10.2 Å². The van der Waals surface area contributed by atoms with Crippen LogP contribution < -0.4 is 5.32 Å². The molecule has 0 spiro atoms. The number of rotatable bonds is 3. The van der Waals surface area contributed by atoms with Gasteiger partial charge in [-0.05, 0) is 25.0 Å². The Morgan fingerprint density at radius 1 is 1.47 bits per heavy atom. The Morgan fingerprint density at radius 3 is 3.13 bits per heavy atom. The second-order valence-corrected chi connectivity index (χ2v) is 4.23. The fourth-order valence-electron chi connectivity index (χ4n) is 1.57. The average Bonchev–Trinajstić information content (AvgIpc) is 2.97. The first-order chi connectivity index (χ1) is 7.34. The molecule has 2 aromatic rings. The van der Waals surface area contributed by atoms with Gasteiger partial charge in [0.05, 0.1) is 11.6 Å². The summed E-state index contributed by atoms with van der Waals surface area (Å²) in [6, 6.07) is 4.40. The Balaban J connectivity index is 1.92. The van der Waals surface area contributed by atoms with Crippen LogP contribution in [0.4, 0.5) is 0 Å². The SMILES string of the molecule is Clc1cccn2c(CNC3CC3)nnc12. The molecule has 0 amide bonds. The molecule has 1 aliphatic carbocycles. The number of hydrogen-bond acceptors (Lipinski definition) is 3. The van der Waals surface area contributed by atoms with Crippen molar-refractivity contribution in [1.82, 2.24) is 19.9 Å². The largest absolute Gasteiger partial charge is 0.307 e. The lowest BCUT2D eigenvalue weighted by molar-refractivity contribution is 0.652. The standard InChI is InChI=1S/C10H11ClN4/c11-8-2-1-5-15-9(13-14-10(8)15)6-12-7-3-4-7/h1-2,5,7,12H,3-4,6H2. The van der Waals surface area contributed by atoms with E-state index in [0.717, 1.165) is 18.0 Å². The van der Waals surface area contributed by atoms with Crippen molar-refractivity contribution >= 4 is 17.2 Å². The second-order valence-electron chi connectivity index (χ2n) is 3.82. The van der Waals surface area contributed by atoms with Crippen molar-refractivity contribution < 1.29 is 0 Å². The normalized spacial score (nSPS) is 16.1. The van der Waals surface area contributed by atoms with E-state index in [2.05, 4.69) is 15.5 Å². The minimum absolute atomic E-state index is 0.641. The van der Waals surface area contributed by atoms with Crippen LogP contribution in [0.25, 0.3) is 5.65 Å². The Kier molecular flexibility index (Phi) is 2.11. The predicted octanol–water partition coefficient (Wildman–Crippen LogP) is 1.63. The number of fused-ring (bicyclic) bond motifs is 1. The summed E-state index contributed by atoms with van der Waals surface area (Å²) in [5, 5.41) is 12.2. The summed E-state index contributed by atoms with van der Waals surface area (Å²) in [4.78, 5) is 0. The monoisotopic (exact) mass is 222 g/mol. The van der Waals surface area contributed by atoms with E-state index in [-0.39, 0.29) is 0 Å². The topological polar surface area (TPSA) is 42.2 Å². The highest BCUT2D eigenvalue weighted by molar-refractivity contribution is 6.33. The lowest BCUT2D eigenvalue weighted by Gasteiger charge is -2.01. The molecule has 2 aromatic heterocycles. The molecule has 0 saturated heterocycles. The van der Waals surface area contributed by atoms with E-state index in [9.17, 15) is 0 Å². The zero-order valence-corrected chi connectivity index (χ0v) is 8.91. The van der Waals surface area contributed by atoms with Crippen LogP contribution >= 0.6 is 11.6 Å². The van der Waals surface area contributed by atoms with Crippen molar-refractivity contribution in [3.63, 3.8) is 0 Å². The molecular weight excluding hydrogens is 212 g/mol. The van der Waals surface area contributed by atoms with Crippen molar-refractivity contribution in [2.24, 2.45) is 0 Å². The van der Waals surface area contributed by atoms with Crippen LogP contribution in [0, 0.1) is 0 Å². The Morgan fingerprint density at radius 2 is 2.33 bits per heavy atom. The maximum absolute atomic E-state index is 6.00. The van der Waals surface area contributed by atoms with Gasteiger partial charge >= 0.3 is 0 Å². The third-order valence-corrected chi connectivity index (χ3v) is 2.88. The van der Waals surface area contributed by atoms with E-state index in [0.29, 0.717) is 11.1 Å². The van der Waals surface area contributed by atoms with Gasteiger partial charge in [0, 0.05) is 12.2 Å². The molecule has 1 aliphatic rings. The number of hydrogen-bond donors (Lipinski definition) is 1. The van der Waals surface area contributed by atoms with Crippen LogP contribution in [0.3, 0.4) is 0 Å². The number of halogens is 1. The third-order valence-electron chi connectivity index (χ3n) is 2.58. The van der Waals surface area contributed by atoms with Gasteiger partial charge in [0.25, 0.3) is 0 Å². The lowest BCUT2D eigenvalue weighted by atomic mass is 10.4. The van der Waals surface area contributed by atoms with E-state index in [4.69, 9.17) is 11.6 Å². The minimum atomic E-state index is 0.641. The molecule has 1 saturated carbocycles. The molecule has 0 bridgehead atoms. The molecular formula is C10H11ClN4. The molecule has 0 radical (unpaired) electrons. The molecule has 1 fully saturated rings. The van der Waals surface area contributed by atoms with Crippen LogP contribution in [-0.2, 0) is 6.54 Å². The molecule has 0 atom stereocenters. The van der Waals surface area contributed by atoms with Gasteiger partial charge < -0.3 is 5.32 Å². The van der Waals surface area contributed by atoms with E-state index in [1.165, 1.54) is 12.8 Å². The van der Waals surface area contributed by atoms with Gasteiger partial charge in [0.15, 0.2) is 11.5 Å². The predicted molar refractivity (Wildman–Crippen MR) is 57.9 cm³/mol. The number of aromatic nitrogens is 3. The van der Waals surface area contributed by atoms with Gasteiger partial charge in [0.2, 0.25) is 0 Å². The van der Waals surface area contributed by atoms with Gasteiger partial charge in [-0.1, -0.05) is 11.6 Å². The minimum Gasteiger partial charge on any atom is -0.307 e. The fraction of sp³-hybridized carbons (Fsp3) is 0.400. The molecule has 78 valence electrons. The van der Waals surface area contributed by atoms with Crippen molar-refractivity contribution in [2.45, 2.75) is 25.4 Å². The van der Waals surface area contributed by atoms with Crippen LogP contribution in [0.1, 0.15) is 18.7 Å². The molecule has 4 nitrogen and oxygen atoms in total. The first kappa shape index (κ1) is 9.12. The fourth-order valence-corrected chi connectivity index (χ4v) is 1.78. The summed E-state index contributed by atoms with van der Waals surface area (Å²) in [5.41, 5.74) is 0.728. The second kappa shape index (κ2) is 3.47. The van der Waals surface area contributed by atoms with Crippen LogP contribution in [0.15, 0.2) is 18.3 Å². The summed E-state index contributed by atoms with van der Waals surface area (Å²) in [6.45, 7) is 0.756. The Bertz CT molecular complexity index is 489. The summed E-state index contributed by atoms with van der Waals surface area (Å²) in [7, 11) is 0. The highest BCUT2D eigenvalue weighted by atomic mass is 35.5. The zero-order chi connectivity index (χ0) is 10.3. The number of nitrogens with zero attached hydrogens (tertiary/aromatic N) is 3. The zero-order valence-electron chi connectivity index (χ0n) is 8.15. The van der Waals surface area contributed by atoms with Crippen molar-refractivity contribution in [3.05, 3.63) is 29.2 Å².